The fraction of sp³-hybridized carbons (Fsp3) is 0.408. The molecule has 0 unspecified atom stereocenters. The van der Waals surface area contributed by atoms with Gasteiger partial charge >= 0.3 is 0 Å². The number of fused-ring (bicyclic) bond motifs is 1. The summed E-state index contributed by atoms with van der Waals surface area (Å²) in [5.41, 5.74) is 8.00. The Balaban J connectivity index is 0.975. The van der Waals surface area contributed by atoms with Crippen LogP contribution < -0.4 is 19.7 Å². The average Bonchev–Trinajstić information content (AvgIpc) is 3.75. The number of allylic oxidation sites excluding steroid dienone is 1. The van der Waals surface area contributed by atoms with E-state index in [4.69, 9.17) is 16.3 Å². The van der Waals surface area contributed by atoms with Crippen molar-refractivity contribution in [3.63, 3.8) is 0 Å². The van der Waals surface area contributed by atoms with Crippen molar-refractivity contribution < 1.29 is 23.1 Å². The summed E-state index contributed by atoms with van der Waals surface area (Å²) >= 11 is 6.26. The van der Waals surface area contributed by atoms with Gasteiger partial charge in [0, 0.05) is 105 Å². The lowest BCUT2D eigenvalue weighted by molar-refractivity contribution is 0.0979. The molecule has 5 aromatic rings. The van der Waals surface area contributed by atoms with Crippen LogP contribution in [0.5, 0.6) is 11.5 Å². The molecule has 0 bridgehead atoms. The Morgan fingerprint density at radius 2 is 1.69 bits per heavy atom. The maximum absolute atomic E-state index is 14.0. The van der Waals surface area contributed by atoms with E-state index < -0.39 is 15.9 Å². The molecule has 62 heavy (non-hydrogen) atoms. The number of nitrogens with one attached hydrogen (secondary N) is 3. The highest BCUT2D eigenvalue weighted by molar-refractivity contribution is 7.90. The molecule has 2 saturated heterocycles. The molecule has 328 valence electrons. The predicted molar refractivity (Wildman–Crippen MR) is 250 cm³/mol. The number of ether oxygens (including phenoxy) is 1. The van der Waals surface area contributed by atoms with Crippen LogP contribution in [0.1, 0.15) is 73.9 Å². The van der Waals surface area contributed by atoms with Gasteiger partial charge in [-0.1, -0.05) is 49.2 Å². The monoisotopic (exact) mass is 878 g/mol. The number of piperazine rings is 1. The number of nitrogens with zero attached hydrogens (tertiary/aromatic N) is 3. The largest absolute Gasteiger partial charge is 0.456 e. The average molecular weight is 880 g/mol. The van der Waals surface area contributed by atoms with Gasteiger partial charge in [-0.2, -0.15) is 0 Å². The Morgan fingerprint density at radius 1 is 0.919 bits per heavy atom. The number of aryl methyl sites for hydroxylation is 1. The quantitative estimate of drug-likeness (QED) is 0.0864. The number of hydrogen-bond acceptors (Lipinski definition) is 9. The van der Waals surface area contributed by atoms with E-state index >= 15 is 0 Å². The lowest BCUT2D eigenvalue weighted by Crippen LogP contribution is -2.47. The molecule has 2 aliphatic heterocycles. The number of aromatic nitrogens is 1. The first-order chi connectivity index (χ1) is 29.8. The molecule has 1 amide bonds. The Bertz CT molecular complexity index is 2520. The number of anilines is 2. The Kier molecular flexibility index (Phi) is 13.3. The molecular formula is C49H59ClN6O5S. The summed E-state index contributed by atoms with van der Waals surface area (Å²) < 4.78 is 36.5. The highest BCUT2D eigenvalue weighted by atomic mass is 35.5. The van der Waals surface area contributed by atoms with E-state index in [1.807, 2.05) is 61.7 Å². The van der Waals surface area contributed by atoms with Crippen LogP contribution in [0.2, 0.25) is 5.02 Å². The molecule has 2 fully saturated rings. The number of likely N-dealkylation sites (tertiary alicyclic amines) is 1. The highest BCUT2D eigenvalue weighted by Crippen LogP contribution is 2.43. The molecular weight excluding hydrogens is 820 g/mol. The van der Waals surface area contributed by atoms with Crippen LogP contribution in [0.15, 0.2) is 102 Å². The molecule has 11 nitrogen and oxygen atoms in total. The zero-order valence-corrected chi connectivity index (χ0v) is 37.6. The van der Waals surface area contributed by atoms with Gasteiger partial charge in [0.1, 0.15) is 11.5 Å². The Morgan fingerprint density at radius 3 is 2.44 bits per heavy atom. The molecule has 3 heterocycles. The number of aromatic amines is 1. The highest BCUT2D eigenvalue weighted by Gasteiger charge is 2.30. The Labute approximate surface area is 371 Å². The topological polar surface area (TPSA) is 130 Å². The third-order valence-electron chi connectivity index (χ3n) is 12.8. The van der Waals surface area contributed by atoms with Gasteiger partial charge in [0.05, 0.1) is 10.5 Å². The summed E-state index contributed by atoms with van der Waals surface area (Å²) in [5, 5.41) is 14.4. The molecule has 8 rings (SSSR count). The standard InChI is InChI=1S/C49H59ClN6O5S/c1-34-30-40(13-15-44(34)52-38-18-23-54(24-19-38)22-5-29-57)62(59,60)53-48(58)42-14-12-39(31-47(42)61-46-7-4-6-45-41(46)17-21-51-45)56-27-25-55(26-28-56)33-36-16-20-49(2,3)32-43(36)35-8-10-37(50)11-9-35/h4,6-15,17,21,30-31,38,51-52,57H,5,16,18-20,22-29,32-33H2,1-3H3,(H,53,58). The molecule has 0 spiro atoms. The molecule has 13 heteroatoms. The number of rotatable bonds is 14. The third-order valence-corrected chi connectivity index (χ3v) is 14.4. The minimum Gasteiger partial charge on any atom is -0.456 e. The SMILES string of the molecule is Cc1cc(S(=O)(=O)NC(=O)c2ccc(N3CCN(CC4=C(c5ccc(Cl)cc5)CC(C)(C)CC4)CC3)cc2Oc2cccc3[nH]ccc23)ccc1NC1CCN(CCCO)CC1. The van der Waals surface area contributed by atoms with Gasteiger partial charge in [-0.25, -0.2) is 13.1 Å². The van der Waals surface area contributed by atoms with Crippen molar-refractivity contribution in [1.29, 1.82) is 0 Å². The van der Waals surface area contributed by atoms with E-state index in [0.29, 0.717) is 5.75 Å². The van der Waals surface area contributed by atoms with E-state index in [-0.39, 0.29) is 34.3 Å². The fourth-order valence-electron chi connectivity index (χ4n) is 9.16. The van der Waals surface area contributed by atoms with Crippen molar-refractivity contribution in [1.82, 2.24) is 19.5 Å². The third kappa shape index (κ3) is 10.3. The van der Waals surface area contributed by atoms with Crippen LogP contribution >= 0.6 is 11.6 Å². The molecule has 3 aliphatic rings. The summed E-state index contributed by atoms with van der Waals surface area (Å²) in [6.45, 7) is 13.8. The number of piperidine rings is 1. The lowest BCUT2D eigenvalue weighted by Gasteiger charge is -2.39. The number of carbonyl (C=O) groups is 1. The number of benzene rings is 4. The number of hydrogen-bond donors (Lipinski definition) is 4. The van der Waals surface area contributed by atoms with E-state index in [1.165, 1.54) is 22.8 Å². The van der Waals surface area contributed by atoms with E-state index in [1.54, 1.807) is 18.2 Å². The fourth-order valence-corrected chi connectivity index (χ4v) is 10.3. The first-order valence-corrected chi connectivity index (χ1v) is 23.8. The van der Waals surface area contributed by atoms with Gasteiger partial charge < -0.3 is 29.9 Å². The number of halogens is 1. The number of sulfonamides is 1. The molecule has 4 N–H and O–H groups in total. The second-order valence-corrected chi connectivity index (χ2v) is 20.0. The lowest BCUT2D eigenvalue weighted by atomic mass is 9.72. The number of amides is 1. The maximum Gasteiger partial charge on any atom is 0.268 e. The summed E-state index contributed by atoms with van der Waals surface area (Å²) in [6, 6.07) is 26.5. The van der Waals surface area contributed by atoms with Crippen LogP contribution in [0.3, 0.4) is 0 Å². The number of carbonyl (C=O) groups excluding carboxylic acids is 1. The van der Waals surface area contributed by atoms with Crippen molar-refractivity contribution in [3.05, 3.63) is 118 Å². The molecule has 0 atom stereocenters. The van der Waals surface area contributed by atoms with Crippen molar-refractivity contribution >= 4 is 55.4 Å². The minimum atomic E-state index is -4.23. The second kappa shape index (κ2) is 18.9. The number of H-pyrrole nitrogens is 1. The van der Waals surface area contributed by atoms with Crippen LogP contribution in [0, 0.1) is 12.3 Å². The number of aliphatic hydroxyl groups is 1. The molecule has 0 saturated carbocycles. The van der Waals surface area contributed by atoms with Crippen LogP contribution in [0.4, 0.5) is 11.4 Å². The number of aliphatic hydroxyl groups excluding tert-OH is 1. The van der Waals surface area contributed by atoms with E-state index in [0.717, 1.165) is 124 Å². The van der Waals surface area contributed by atoms with Gasteiger partial charge in [0.15, 0.2) is 0 Å². The maximum atomic E-state index is 14.0. The summed E-state index contributed by atoms with van der Waals surface area (Å²) in [6.07, 6.45) is 7.82. The molecule has 0 radical (unpaired) electrons. The van der Waals surface area contributed by atoms with Crippen LogP contribution in [-0.2, 0) is 10.0 Å². The van der Waals surface area contributed by atoms with Gasteiger partial charge in [0.2, 0.25) is 0 Å². The summed E-state index contributed by atoms with van der Waals surface area (Å²) in [5.74, 6) is 0.0514. The zero-order chi connectivity index (χ0) is 43.4. The van der Waals surface area contributed by atoms with Gasteiger partial charge in [-0.3, -0.25) is 9.69 Å². The first-order valence-electron chi connectivity index (χ1n) is 21.9. The van der Waals surface area contributed by atoms with E-state index in [9.17, 15) is 18.3 Å². The second-order valence-electron chi connectivity index (χ2n) is 17.9. The van der Waals surface area contributed by atoms with Crippen LogP contribution in [-0.4, -0.2) is 99.2 Å². The summed E-state index contributed by atoms with van der Waals surface area (Å²) in [7, 11) is -4.23. The summed E-state index contributed by atoms with van der Waals surface area (Å²) in [4.78, 5) is 24.5. The first kappa shape index (κ1) is 43.8. The zero-order valence-electron chi connectivity index (χ0n) is 36.1. The van der Waals surface area contributed by atoms with Crippen molar-refractivity contribution in [3.8, 4) is 11.5 Å². The molecule has 1 aromatic heterocycles. The predicted octanol–water partition coefficient (Wildman–Crippen LogP) is 9.09. The normalized spacial score (nSPS) is 18.0. The van der Waals surface area contributed by atoms with Crippen LogP contribution in [0.25, 0.3) is 16.5 Å². The Hall–Kier alpha value is -4.85. The minimum absolute atomic E-state index is 0.00904. The van der Waals surface area contributed by atoms with Gasteiger partial charge in [-0.15, -0.1) is 0 Å². The van der Waals surface area contributed by atoms with Crippen molar-refractivity contribution in [2.75, 3.05) is 69.2 Å². The van der Waals surface area contributed by atoms with Crippen molar-refractivity contribution in [2.45, 2.75) is 70.2 Å². The van der Waals surface area contributed by atoms with Gasteiger partial charge in [0.25, 0.3) is 15.9 Å². The molecule has 1 aliphatic carbocycles. The smallest absolute Gasteiger partial charge is 0.268 e. The molecule has 4 aromatic carbocycles. The van der Waals surface area contributed by atoms with Crippen molar-refractivity contribution in [2.24, 2.45) is 5.41 Å². The van der Waals surface area contributed by atoms with Gasteiger partial charge in [-0.05, 0) is 128 Å². The van der Waals surface area contributed by atoms with E-state index in [2.05, 4.69) is 55.7 Å².